The lowest BCUT2D eigenvalue weighted by Crippen LogP contribution is -2.61. The maximum atomic E-state index is 14.5. The van der Waals surface area contributed by atoms with Crippen LogP contribution in [0, 0.1) is 17.3 Å². The number of nitrogens with zero attached hydrogens (tertiary/aromatic N) is 2. The fourth-order valence-corrected chi connectivity index (χ4v) is 7.34. The second-order valence-electron chi connectivity index (χ2n) is 12.6. The lowest BCUT2D eigenvalue weighted by molar-refractivity contribution is -0.163. The van der Waals surface area contributed by atoms with Gasteiger partial charge in [0.2, 0.25) is 11.8 Å². The van der Waals surface area contributed by atoms with Gasteiger partial charge in [-0.25, -0.2) is 0 Å². The van der Waals surface area contributed by atoms with Crippen molar-refractivity contribution in [1.29, 1.82) is 0 Å². The number of ether oxygens (including phenoxy) is 2. The number of hydrogen-bond acceptors (Lipinski definition) is 6. The monoisotopic (exact) mass is 518 g/mol. The number of carbonyl (C=O) groups excluding carboxylic acids is 3. The summed E-state index contributed by atoms with van der Waals surface area (Å²) in [6, 6.07) is -0.934. The molecular formula is C29H46N2O6. The maximum absolute atomic E-state index is 14.5. The molecule has 3 saturated heterocycles. The smallest absolute Gasteiger partial charge is 0.312 e. The van der Waals surface area contributed by atoms with Crippen LogP contribution in [0.25, 0.3) is 0 Å². The highest BCUT2D eigenvalue weighted by Crippen LogP contribution is 2.64. The van der Waals surface area contributed by atoms with Gasteiger partial charge in [0.25, 0.3) is 0 Å². The zero-order valence-corrected chi connectivity index (χ0v) is 23.5. The minimum atomic E-state index is -1.14. The first-order valence-corrected chi connectivity index (χ1v) is 13.6. The summed E-state index contributed by atoms with van der Waals surface area (Å²) in [5.74, 6) is -2.63. The van der Waals surface area contributed by atoms with E-state index in [4.69, 9.17) is 9.47 Å². The van der Waals surface area contributed by atoms with E-state index >= 15 is 0 Å². The van der Waals surface area contributed by atoms with E-state index in [1.54, 1.807) is 17.1 Å². The molecule has 2 amide bonds. The van der Waals surface area contributed by atoms with Crippen molar-refractivity contribution < 1.29 is 29.0 Å². The summed E-state index contributed by atoms with van der Waals surface area (Å²) < 4.78 is 12.3. The molecule has 8 nitrogen and oxygen atoms in total. The molecule has 3 fully saturated rings. The maximum Gasteiger partial charge on any atom is 0.312 e. The average molecular weight is 519 g/mol. The van der Waals surface area contributed by atoms with Crippen molar-refractivity contribution >= 4 is 17.8 Å². The minimum Gasteiger partial charge on any atom is -0.465 e. The fourth-order valence-electron chi connectivity index (χ4n) is 7.34. The lowest BCUT2D eigenvalue weighted by Gasteiger charge is -2.45. The van der Waals surface area contributed by atoms with Crippen LogP contribution in [0.3, 0.4) is 0 Å². The summed E-state index contributed by atoms with van der Waals surface area (Å²) in [7, 11) is 0. The highest BCUT2D eigenvalue weighted by molar-refractivity contribution is 5.98. The molecule has 37 heavy (non-hydrogen) atoms. The predicted molar refractivity (Wildman–Crippen MR) is 141 cm³/mol. The van der Waals surface area contributed by atoms with Crippen LogP contribution in [0.2, 0.25) is 0 Å². The van der Waals surface area contributed by atoms with Gasteiger partial charge in [0.05, 0.1) is 24.7 Å². The van der Waals surface area contributed by atoms with Gasteiger partial charge < -0.3 is 24.4 Å². The van der Waals surface area contributed by atoms with E-state index in [9.17, 15) is 19.5 Å². The Morgan fingerprint density at radius 3 is 2.43 bits per heavy atom. The van der Waals surface area contributed by atoms with E-state index < -0.39 is 40.6 Å². The molecule has 1 spiro atoms. The topological polar surface area (TPSA) is 96.4 Å². The van der Waals surface area contributed by atoms with Gasteiger partial charge in [0.1, 0.15) is 17.6 Å². The molecule has 208 valence electrons. The van der Waals surface area contributed by atoms with Gasteiger partial charge in [-0.2, -0.15) is 0 Å². The Morgan fingerprint density at radius 1 is 1.22 bits per heavy atom. The van der Waals surface area contributed by atoms with Crippen molar-refractivity contribution in [3.05, 3.63) is 25.3 Å². The summed E-state index contributed by atoms with van der Waals surface area (Å²) >= 11 is 0. The van der Waals surface area contributed by atoms with E-state index in [-0.39, 0.29) is 37.0 Å². The van der Waals surface area contributed by atoms with Gasteiger partial charge in [-0.3, -0.25) is 14.4 Å². The molecule has 0 aromatic carbocycles. The molecule has 5 atom stereocenters. The number of aliphatic hydroxyl groups is 1. The molecule has 0 saturated carbocycles. The molecule has 3 aliphatic rings. The number of rotatable bonds is 12. The first-order valence-electron chi connectivity index (χ1n) is 13.6. The van der Waals surface area contributed by atoms with Crippen LogP contribution in [-0.2, 0) is 23.9 Å². The number of β-amino-alcohol motifs (C(OH)–C–C–N with tert-alkyl or cyclic N) is 1. The third-order valence-corrected chi connectivity index (χ3v) is 8.35. The van der Waals surface area contributed by atoms with Crippen LogP contribution in [0.4, 0.5) is 0 Å². The molecular weight excluding hydrogens is 472 g/mol. The first kappa shape index (κ1) is 29.4. The molecule has 0 aromatic heterocycles. The molecule has 2 unspecified atom stereocenters. The number of amides is 2. The van der Waals surface area contributed by atoms with Crippen LogP contribution in [0.5, 0.6) is 0 Å². The van der Waals surface area contributed by atoms with Crippen molar-refractivity contribution in [1.82, 2.24) is 9.80 Å². The third-order valence-electron chi connectivity index (χ3n) is 8.35. The number of hydrogen-bond donors (Lipinski definition) is 1. The molecule has 3 aliphatic heterocycles. The second-order valence-corrected chi connectivity index (χ2v) is 12.6. The number of aliphatic hydroxyl groups excluding tert-OH is 1. The zero-order chi connectivity index (χ0) is 27.8. The molecule has 2 bridgehead atoms. The Balaban J connectivity index is 2.08. The quantitative estimate of drug-likeness (QED) is 0.241. The van der Waals surface area contributed by atoms with E-state index in [1.807, 2.05) is 20.8 Å². The third kappa shape index (κ3) is 4.99. The van der Waals surface area contributed by atoms with Crippen LogP contribution in [0.15, 0.2) is 25.3 Å². The molecule has 0 aromatic rings. The normalized spacial score (nSPS) is 30.8. The van der Waals surface area contributed by atoms with E-state index in [0.717, 1.165) is 6.42 Å². The summed E-state index contributed by atoms with van der Waals surface area (Å²) in [6.07, 6.45) is 6.21. The van der Waals surface area contributed by atoms with Crippen LogP contribution in [0.1, 0.15) is 73.6 Å². The van der Waals surface area contributed by atoms with E-state index in [2.05, 4.69) is 33.9 Å². The molecule has 3 rings (SSSR count). The second kappa shape index (κ2) is 10.5. The molecule has 0 aliphatic carbocycles. The van der Waals surface area contributed by atoms with Crippen LogP contribution < -0.4 is 0 Å². The number of fused-ring (bicyclic) bond motifs is 1. The van der Waals surface area contributed by atoms with Gasteiger partial charge >= 0.3 is 5.97 Å². The Hall–Kier alpha value is -2.19. The fraction of sp³-hybridized carbons (Fsp3) is 0.759. The van der Waals surface area contributed by atoms with Crippen molar-refractivity contribution in [3.63, 3.8) is 0 Å². The highest BCUT2D eigenvalue weighted by atomic mass is 16.6. The molecule has 1 N–H and O–H groups in total. The van der Waals surface area contributed by atoms with Crippen LogP contribution in [-0.4, -0.2) is 81.8 Å². The van der Waals surface area contributed by atoms with Crippen molar-refractivity contribution in [3.8, 4) is 0 Å². The summed E-state index contributed by atoms with van der Waals surface area (Å²) in [4.78, 5) is 45.1. The summed E-state index contributed by atoms with van der Waals surface area (Å²) in [6.45, 7) is 20.2. The van der Waals surface area contributed by atoms with E-state index in [1.165, 1.54) is 4.90 Å². The SMILES string of the molecule is C=CCCOC(=O)[C@H]1[C@H]2C(=O)N(CCO)C(C(=O)N(CC=C)C(C)(C)CC(C)(C)C)C23CC[C@]1(CC)O3. The Labute approximate surface area is 222 Å². The largest absolute Gasteiger partial charge is 0.465 e. The number of esters is 1. The van der Waals surface area contributed by atoms with Gasteiger partial charge in [-0.05, 0) is 51.4 Å². The average Bonchev–Trinajstić information content (AvgIpc) is 3.40. The van der Waals surface area contributed by atoms with Gasteiger partial charge in [0, 0.05) is 18.6 Å². The van der Waals surface area contributed by atoms with Crippen molar-refractivity contribution in [2.24, 2.45) is 17.3 Å². The Bertz CT molecular complexity index is 924. The summed E-state index contributed by atoms with van der Waals surface area (Å²) in [5.41, 5.74) is -2.57. The molecule has 8 heteroatoms. The lowest BCUT2D eigenvalue weighted by atomic mass is 9.65. The number of likely N-dealkylation sites (tertiary alicyclic amines) is 1. The first-order chi connectivity index (χ1) is 17.2. The van der Waals surface area contributed by atoms with Crippen molar-refractivity contribution in [2.75, 3.05) is 26.3 Å². The van der Waals surface area contributed by atoms with Gasteiger partial charge in [-0.15, -0.1) is 13.2 Å². The highest BCUT2D eigenvalue weighted by Gasteiger charge is 2.79. The molecule has 3 heterocycles. The van der Waals surface area contributed by atoms with E-state index in [0.29, 0.717) is 32.2 Å². The van der Waals surface area contributed by atoms with Crippen molar-refractivity contribution in [2.45, 2.75) is 96.4 Å². The van der Waals surface area contributed by atoms with Crippen LogP contribution >= 0.6 is 0 Å². The standard InChI is InChI=1S/C29H46N2O6/c1-9-12-18-36-25(35)21-20-23(33)30(16-17-32)22(29(20)14-13-28(21,11-3)37-29)24(34)31(15-10-2)27(7,8)19-26(4,5)6/h9-10,20-22,32H,1-2,11-19H2,3-8H3/t20-,21+,22?,28-,29?/m0/s1. The predicted octanol–water partition coefficient (Wildman–Crippen LogP) is 3.48. The Morgan fingerprint density at radius 2 is 1.89 bits per heavy atom. The number of carbonyl (C=O) groups is 3. The van der Waals surface area contributed by atoms with Gasteiger partial charge in [-0.1, -0.05) is 39.8 Å². The summed E-state index contributed by atoms with van der Waals surface area (Å²) in [5, 5.41) is 9.87. The minimum absolute atomic E-state index is 0.00413. The zero-order valence-electron chi connectivity index (χ0n) is 23.5. The van der Waals surface area contributed by atoms with Gasteiger partial charge in [0.15, 0.2) is 0 Å². The molecule has 0 radical (unpaired) electrons. The Kier molecular flexibility index (Phi) is 8.35.